The zero-order valence-corrected chi connectivity index (χ0v) is 14.4. The maximum atomic E-state index is 12.1. The van der Waals surface area contributed by atoms with Crippen molar-refractivity contribution in [2.24, 2.45) is 0 Å². The highest BCUT2D eigenvalue weighted by Crippen LogP contribution is 2.16. The summed E-state index contributed by atoms with van der Waals surface area (Å²) in [7, 11) is 0. The molecular formula is C17H15N5O3S. The van der Waals surface area contributed by atoms with Gasteiger partial charge in [-0.15, -0.1) is 0 Å². The molecule has 26 heavy (non-hydrogen) atoms. The number of nitro benzene ring substituents is 1. The number of nitro groups is 1. The molecule has 132 valence electrons. The van der Waals surface area contributed by atoms with E-state index in [1.807, 2.05) is 30.3 Å². The van der Waals surface area contributed by atoms with Crippen molar-refractivity contribution in [1.82, 2.24) is 20.1 Å². The summed E-state index contributed by atoms with van der Waals surface area (Å²) >= 11 is 5.22. The second-order valence-corrected chi connectivity index (χ2v) is 5.88. The Morgan fingerprint density at radius 1 is 1.19 bits per heavy atom. The van der Waals surface area contributed by atoms with Gasteiger partial charge < -0.3 is 5.32 Å². The van der Waals surface area contributed by atoms with Crippen LogP contribution >= 0.6 is 12.2 Å². The summed E-state index contributed by atoms with van der Waals surface area (Å²) in [5.41, 5.74) is 1.53. The number of hydrogen-bond acceptors (Lipinski definition) is 5. The first-order valence-electron chi connectivity index (χ1n) is 7.76. The number of hydrogen-bond donors (Lipinski definition) is 2. The van der Waals surface area contributed by atoms with E-state index in [0.717, 1.165) is 5.56 Å². The van der Waals surface area contributed by atoms with Crippen LogP contribution in [0, 0.1) is 14.9 Å². The van der Waals surface area contributed by atoms with Gasteiger partial charge in [-0.2, -0.15) is 5.10 Å². The van der Waals surface area contributed by atoms with Crippen molar-refractivity contribution in [3.8, 4) is 5.69 Å². The maximum absolute atomic E-state index is 12.1. The monoisotopic (exact) mass is 369 g/mol. The van der Waals surface area contributed by atoms with Gasteiger partial charge in [0.2, 0.25) is 5.91 Å². The standard InChI is InChI=1S/C17H15N5O3S/c23-16(10-12-4-2-1-3-5-12)18-11-15-19-20-17(26)21(15)13-6-8-14(9-7-13)22(24)25/h1-9H,10-11H2,(H,18,23)(H,20,26). The van der Waals surface area contributed by atoms with E-state index in [-0.39, 0.29) is 24.6 Å². The first-order chi connectivity index (χ1) is 12.5. The van der Waals surface area contributed by atoms with Crippen molar-refractivity contribution < 1.29 is 9.72 Å². The number of rotatable bonds is 6. The molecule has 1 aromatic heterocycles. The van der Waals surface area contributed by atoms with Gasteiger partial charge in [-0.25, -0.2) is 0 Å². The molecule has 0 radical (unpaired) electrons. The molecule has 0 spiro atoms. The number of carbonyl (C=O) groups excluding carboxylic acids is 1. The number of carbonyl (C=O) groups is 1. The minimum absolute atomic E-state index is 0.0125. The Labute approximate surface area is 153 Å². The molecule has 1 heterocycles. The molecule has 0 fully saturated rings. The molecule has 0 saturated carbocycles. The minimum Gasteiger partial charge on any atom is -0.348 e. The van der Waals surface area contributed by atoms with Gasteiger partial charge in [-0.3, -0.25) is 24.6 Å². The van der Waals surface area contributed by atoms with E-state index < -0.39 is 4.92 Å². The van der Waals surface area contributed by atoms with Gasteiger partial charge in [-0.1, -0.05) is 30.3 Å². The largest absolute Gasteiger partial charge is 0.348 e. The Kier molecular flexibility index (Phi) is 5.18. The zero-order valence-electron chi connectivity index (χ0n) is 13.6. The lowest BCUT2D eigenvalue weighted by molar-refractivity contribution is -0.384. The number of nitrogens with one attached hydrogen (secondary N) is 2. The summed E-state index contributed by atoms with van der Waals surface area (Å²) < 4.78 is 1.97. The molecule has 0 aliphatic carbocycles. The summed E-state index contributed by atoms with van der Waals surface area (Å²) in [4.78, 5) is 22.4. The van der Waals surface area contributed by atoms with Crippen LogP contribution in [-0.2, 0) is 17.8 Å². The van der Waals surface area contributed by atoms with Gasteiger partial charge in [0.25, 0.3) is 5.69 Å². The summed E-state index contributed by atoms with van der Waals surface area (Å²) in [5, 5.41) is 20.4. The van der Waals surface area contributed by atoms with Crippen LogP contribution in [0.25, 0.3) is 5.69 Å². The van der Waals surface area contributed by atoms with Gasteiger partial charge in [0.15, 0.2) is 10.6 Å². The van der Waals surface area contributed by atoms with Gasteiger partial charge in [0.1, 0.15) is 0 Å². The highest BCUT2D eigenvalue weighted by Gasteiger charge is 2.12. The van der Waals surface area contributed by atoms with Gasteiger partial charge in [-0.05, 0) is 29.9 Å². The lowest BCUT2D eigenvalue weighted by Crippen LogP contribution is -2.26. The van der Waals surface area contributed by atoms with Crippen molar-refractivity contribution in [2.45, 2.75) is 13.0 Å². The Morgan fingerprint density at radius 2 is 1.88 bits per heavy atom. The van der Waals surface area contributed by atoms with Gasteiger partial charge in [0.05, 0.1) is 23.6 Å². The molecule has 2 aromatic carbocycles. The quantitative estimate of drug-likeness (QED) is 0.395. The molecule has 0 saturated heterocycles. The smallest absolute Gasteiger partial charge is 0.269 e. The predicted molar refractivity (Wildman–Crippen MR) is 97.4 cm³/mol. The zero-order chi connectivity index (χ0) is 18.5. The normalized spacial score (nSPS) is 10.5. The van der Waals surface area contributed by atoms with Crippen molar-refractivity contribution >= 4 is 23.8 Å². The highest BCUT2D eigenvalue weighted by molar-refractivity contribution is 7.71. The third-order valence-corrected chi connectivity index (χ3v) is 3.99. The number of benzene rings is 2. The van der Waals surface area contributed by atoms with E-state index in [2.05, 4.69) is 15.5 Å². The molecule has 9 heteroatoms. The number of H-pyrrole nitrogens is 1. The van der Waals surface area contributed by atoms with Crippen LogP contribution in [0.3, 0.4) is 0 Å². The SMILES string of the molecule is O=C(Cc1ccccc1)NCc1n[nH]c(=S)n1-c1ccc([N+](=O)[O-])cc1. The van der Waals surface area contributed by atoms with Crippen LogP contribution in [0.5, 0.6) is 0 Å². The third kappa shape index (κ3) is 4.01. The molecular weight excluding hydrogens is 354 g/mol. The van der Waals surface area contributed by atoms with Gasteiger partial charge >= 0.3 is 0 Å². The van der Waals surface area contributed by atoms with Crippen molar-refractivity contribution in [3.05, 3.63) is 80.9 Å². The van der Waals surface area contributed by atoms with Crippen LogP contribution in [0.15, 0.2) is 54.6 Å². The Hall–Kier alpha value is -3.33. The van der Waals surface area contributed by atoms with E-state index in [1.165, 1.54) is 12.1 Å². The fourth-order valence-electron chi connectivity index (χ4n) is 2.46. The Balaban J connectivity index is 1.72. The number of non-ortho nitro benzene ring substituents is 1. The van der Waals surface area contributed by atoms with Crippen molar-refractivity contribution in [3.63, 3.8) is 0 Å². The summed E-state index contributed by atoms with van der Waals surface area (Å²) in [6.07, 6.45) is 0.267. The minimum atomic E-state index is -0.469. The average Bonchev–Trinajstić information content (AvgIpc) is 3.01. The van der Waals surface area contributed by atoms with E-state index in [0.29, 0.717) is 16.3 Å². The molecule has 0 unspecified atom stereocenters. The third-order valence-electron chi connectivity index (χ3n) is 3.71. The summed E-state index contributed by atoms with van der Waals surface area (Å²) in [6, 6.07) is 15.4. The first kappa shape index (κ1) is 17.5. The Bertz CT molecular complexity index is 980. The number of amides is 1. The van der Waals surface area contributed by atoms with Crippen molar-refractivity contribution in [2.75, 3.05) is 0 Å². The molecule has 8 nitrogen and oxygen atoms in total. The van der Waals surface area contributed by atoms with Crippen LogP contribution in [-0.4, -0.2) is 25.6 Å². The van der Waals surface area contributed by atoms with E-state index >= 15 is 0 Å². The second-order valence-electron chi connectivity index (χ2n) is 5.49. The first-order valence-corrected chi connectivity index (χ1v) is 8.17. The average molecular weight is 369 g/mol. The maximum Gasteiger partial charge on any atom is 0.269 e. The molecule has 3 rings (SSSR count). The van der Waals surface area contributed by atoms with Crippen molar-refractivity contribution in [1.29, 1.82) is 0 Å². The molecule has 1 amide bonds. The van der Waals surface area contributed by atoms with E-state index in [4.69, 9.17) is 12.2 Å². The molecule has 2 N–H and O–H groups in total. The molecule has 0 bridgehead atoms. The fraction of sp³-hybridized carbons (Fsp3) is 0.118. The summed E-state index contributed by atoms with van der Waals surface area (Å²) in [6.45, 7) is 0.176. The highest BCUT2D eigenvalue weighted by atomic mass is 32.1. The number of nitrogens with zero attached hydrogens (tertiary/aromatic N) is 3. The predicted octanol–water partition coefficient (Wildman–Crippen LogP) is 2.70. The van der Waals surface area contributed by atoms with E-state index in [9.17, 15) is 14.9 Å². The molecule has 0 aliphatic rings. The number of aromatic nitrogens is 3. The van der Waals surface area contributed by atoms with E-state index in [1.54, 1.807) is 16.7 Å². The summed E-state index contributed by atoms with van der Waals surface area (Å²) in [5.74, 6) is 0.366. The van der Waals surface area contributed by atoms with Crippen LogP contribution in [0.2, 0.25) is 0 Å². The van der Waals surface area contributed by atoms with Gasteiger partial charge in [0, 0.05) is 12.1 Å². The second kappa shape index (κ2) is 7.70. The lowest BCUT2D eigenvalue weighted by Gasteiger charge is -2.08. The topological polar surface area (TPSA) is 106 Å². The molecule has 3 aromatic rings. The fourth-order valence-corrected chi connectivity index (χ4v) is 2.72. The lowest BCUT2D eigenvalue weighted by atomic mass is 10.1. The van der Waals surface area contributed by atoms with Crippen LogP contribution < -0.4 is 5.32 Å². The molecule has 0 atom stereocenters. The molecule has 0 aliphatic heterocycles. The van der Waals surface area contributed by atoms with Crippen LogP contribution in [0.4, 0.5) is 5.69 Å². The number of aromatic amines is 1. The Morgan fingerprint density at radius 3 is 2.54 bits per heavy atom. The van der Waals surface area contributed by atoms with Crippen LogP contribution in [0.1, 0.15) is 11.4 Å².